The monoisotopic (exact) mass is 493 g/mol. The number of amides is 1. The van der Waals surface area contributed by atoms with E-state index >= 15 is 0 Å². The van der Waals surface area contributed by atoms with Crippen molar-refractivity contribution in [3.05, 3.63) is 70.5 Å². The molecule has 1 amide bonds. The Hall–Kier alpha value is -2.66. The molecule has 4 nitrogen and oxygen atoms in total. The summed E-state index contributed by atoms with van der Waals surface area (Å²) in [6.07, 6.45) is -12.1. The quantitative estimate of drug-likeness (QED) is 0.574. The van der Waals surface area contributed by atoms with Crippen molar-refractivity contribution in [3.8, 4) is 0 Å². The van der Waals surface area contributed by atoms with Crippen molar-refractivity contribution >= 4 is 5.91 Å². The van der Waals surface area contributed by atoms with Gasteiger partial charge >= 0.3 is 12.4 Å². The molecule has 11 heteroatoms. The van der Waals surface area contributed by atoms with Gasteiger partial charge in [-0.2, -0.15) is 26.3 Å². The molecule has 1 heterocycles. The lowest BCUT2D eigenvalue weighted by Crippen LogP contribution is -2.38. The van der Waals surface area contributed by atoms with Gasteiger partial charge in [0.15, 0.2) is 0 Å². The lowest BCUT2D eigenvalue weighted by Gasteiger charge is -2.27. The van der Waals surface area contributed by atoms with Crippen molar-refractivity contribution in [2.75, 3.05) is 13.2 Å². The minimum Gasteiger partial charge on any atom is -0.394 e. The van der Waals surface area contributed by atoms with E-state index in [9.17, 15) is 40.6 Å². The summed E-state index contributed by atoms with van der Waals surface area (Å²) in [6, 6.07) is 5.65. The van der Waals surface area contributed by atoms with Gasteiger partial charge in [0.1, 0.15) is 5.82 Å². The van der Waals surface area contributed by atoms with Gasteiger partial charge in [-0.25, -0.2) is 4.39 Å². The highest BCUT2D eigenvalue weighted by atomic mass is 19.4. The first kappa shape index (κ1) is 26.0. The summed E-state index contributed by atoms with van der Waals surface area (Å²) in [4.78, 5) is 13.4. The van der Waals surface area contributed by atoms with E-state index in [1.165, 1.54) is 43.0 Å². The van der Waals surface area contributed by atoms with Gasteiger partial charge in [0.25, 0.3) is 0 Å². The van der Waals surface area contributed by atoms with Crippen LogP contribution < -0.4 is 0 Å². The highest BCUT2D eigenvalue weighted by Gasteiger charge is 2.45. The van der Waals surface area contributed by atoms with Crippen LogP contribution in [-0.2, 0) is 21.9 Å². The zero-order valence-electron chi connectivity index (χ0n) is 18.1. The number of halogens is 7. The molecule has 0 spiro atoms. The number of carbonyl (C=O) groups is 1. The van der Waals surface area contributed by atoms with E-state index in [0.717, 1.165) is 0 Å². The van der Waals surface area contributed by atoms with E-state index in [1.54, 1.807) is 0 Å². The molecule has 1 N–H and O–H groups in total. The van der Waals surface area contributed by atoms with Gasteiger partial charge in [0.2, 0.25) is 5.91 Å². The van der Waals surface area contributed by atoms with Crippen molar-refractivity contribution in [2.45, 2.75) is 50.4 Å². The Labute approximate surface area is 190 Å². The summed E-state index contributed by atoms with van der Waals surface area (Å²) in [5.41, 5.74) is -2.77. The first-order valence-corrected chi connectivity index (χ1v) is 10.3. The summed E-state index contributed by atoms with van der Waals surface area (Å²) in [6.45, 7) is 2.04. The summed E-state index contributed by atoms with van der Waals surface area (Å²) in [7, 11) is 0. The normalized spacial score (nSPS) is 22.2. The number of hydrogen-bond donors (Lipinski definition) is 1. The average Bonchev–Trinajstić information content (AvgIpc) is 3.11. The maximum atomic E-state index is 13.4. The number of rotatable bonds is 5. The van der Waals surface area contributed by atoms with Crippen LogP contribution in [0.4, 0.5) is 30.7 Å². The summed E-state index contributed by atoms with van der Waals surface area (Å²) in [5, 5.41) is 9.92. The van der Waals surface area contributed by atoms with Crippen LogP contribution in [0.5, 0.6) is 0 Å². The van der Waals surface area contributed by atoms with Crippen LogP contribution in [0.15, 0.2) is 42.5 Å². The molecule has 1 fully saturated rings. The molecule has 0 aromatic heterocycles. The second-order valence-electron chi connectivity index (χ2n) is 8.15. The fourth-order valence-electron chi connectivity index (χ4n) is 4.26. The third-order valence-electron chi connectivity index (χ3n) is 5.90. The number of benzene rings is 2. The first-order chi connectivity index (χ1) is 15.7. The fourth-order valence-corrected chi connectivity index (χ4v) is 4.26. The molecule has 0 bridgehead atoms. The number of carbonyl (C=O) groups excluding carboxylic acids is 1. The molecule has 1 saturated heterocycles. The van der Waals surface area contributed by atoms with Crippen LogP contribution in [0.2, 0.25) is 0 Å². The predicted molar refractivity (Wildman–Crippen MR) is 107 cm³/mol. The van der Waals surface area contributed by atoms with Crippen LogP contribution in [0.3, 0.4) is 0 Å². The molecule has 0 saturated carbocycles. The molecule has 0 aliphatic carbocycles. The third-order valence-corrected chi connectivity index (χ3v) is 5.90. The molecular formula is C23H22F7NO3. The summed E-state index contributed by atoms with van der Waals surface area (Å²) in [5.74, 6) is -1.62. The number of hydrogen-bond acceptors (Lipinski definition) is 3. The second-order valence-corrected chi connectivity index (χ2v) is 8.15. The van der Waals surface area contributed by atoms with Gasteiger partial charge in [-0.1, -0.05) is 12.1 Å². The number of aliphatic hydroxyl groups is 1. The lowest BCUT2D eigenvalue weighted by molar-refractivity contribution is -0.143. The Morgan fingerprint density at radius 1 is 1.06 bits per heavy atom. The van der Waals surface area contributed by atoms with Crippen LogP contribution >= 0.6 is 0 Å². The minimum atomic E-state index is -5.01. The van der Waals surface area contributed by atoms with Gasteiger partial charge in [-0.05, 0) is 48.4 Å². The topological polar surface area (TPSA) is 49.8 Å². The smallest absolute Gasteiger partial charge is 0.394 e. The Balaban J connectivity index is 1.99. The SMILES string of the molecule is CC(=O)N1C[C@H](O[C@H](C)c2cc(C(F)(F)F)cc(C(F)(F)F)c2)[C@@H](c2ccc(F)cc2)[C@@H]1CO. The Bertz CT molecular complexity index is 988. The van der Waals surface area contributed by atoms with E-state index in [4.69, 9.17) is 4.74 Å². The Morgan fingerprint density at radius 2 is 1.59 bits per heavy atom. The Kier molecular flexibility index (Phi) is 7.28. The van der Waals surface area contributed by atoms with Gasteiger partial charge in [-0.3, -0.25) is 4.79 Å². The number of likely N-dealkylation sites (tertiary alicyclic amines) is 1. The highest BCUT2D eigenvalue weighted by Crippen LogP contribution is 2.41. The zero-order valence-corrected chi connectivity index (χ0v) is 18.1. The van der Waals surface area contributed by atoms with Gasteiger partial charge in [-0.15, -0.1) is 0 Å². The number of ether oxygens (including phenoxy) is 1. The van der Waals surface area contributed by atoms with Crippen LogP contribution in [0, 0.1) is 5.82 Å². The minimum absolute atomic E-state index is 0.0341. The van der Waals surface area contributed by atoms with Crippen molar-refractivity contribution in [1.29, 1.82) is 0 Å². The fraction of sp³-hybridized carbons (Fsp3) is 0.435. The highest BCUT2D eigenvalue weighted by molar-refractivity contribution is 5.74. The predicted octanol–water partition coefficient (Wildman–Crippen LogP) is 5.32. The standard InChI is InChI=1S/C23H22F7NO3/c1-12(15-7-16(22(25,26)27)9-17(8-15)23(28,29)30)34-20-10-31(13(2)33)19(11-32)21(20)14-3-5-18(24)6-4-14/h3-9,12,19-21,32H,10-11H2,1-2H3/t12-,19+,20+,21+/m1/s1. The van der Waals surface area contributed by atoms with Gasteiger partial charge in [0, 0.05) is 19.4 Å². The largest absolute Gasteiger partial charge is 0.416 e. The first-order valence-electron chi connectivity index (χ1n) is 10.3. The zero-order chi connectivity index (χ0) is 25.4. The summed E-state index contributed by atoms with van der Waals surface area (Å²) >= 11 is 0. The van der Waals surface area contributed by atoms with Crippen LogP contribution in [-0.4, -0.2) is 41.2 Å². The molecule has 0 unspecified atom stereocenters. The molecule has 4 atom stereocenters. The molecule has 0 radical (unpaired) electrons. The maximum Gasteiger partial charge on any atom is 0.416 e. The van der Waals surface area contributed by atoms with Gasteiger partial charge in [0.05, 0.1) is 36.0 Å². The average molecular weight is 493 g/mol. The summed E-state index contributed by atoms with van der Waals surface area (Å²) < 4.78 is 98.8. The molecule has 186 valence electrons. The molecule has 34 heavy (non-hydrogen) atoms. The van der Waals surface area contributed by atoms with E-state index in [1.807, 2.05) is 0 Å². The molecule has 2 aromatic carbocycles. The van der Waals surface area contributed by atoms with Crippen molar-refractivity contribution in [3.63, 3.8) is 0 Å². The maximum absolute atomic E-state index is 13.4. The van der Waals surface area contributed by atoms with Crippen LogP contribution in [0.1, 0.15) is 48.1 Å². The van der Waals surface area contributed by atoms with E-state index in [-0.39, 0.29) is 18.2 Å². The molecule has 1 aliphatic heterocycles. The molecular weight excluding hydrogens is 471 g/mol. The second kappa shape index (κ2) is 9.53. The Morgan fingerprint density at radius 3 is 2.03 bits per heavy atom. The molecule has 2 aromatic rings. The lowest BCUT2D eigenvalue weighted by atomic mass is 9.89. The number of aliphatic hydroxyl groups excluding tert-OH is 1. The number of alkyl halides is 6. The van der Waals surface area contributed by atoms with Crippen molar-refractivity contribution < 1.29 is 45.4 Å². The van der Waals surface area contributed by atoms with Crippen molar-refractivity contribution in [2.24, 2.45) is 0 Å². The van der Waals surface area contributed by atoms with Crippen molar-refractivity contribution in [1.82, 2.24) is 4.90 Å². The molecule has 3 rings (SSSR count). The molecule has 1 aliphatic rings. The van der Waals surface area contributed by atoms with E-state index in [2.05, 4.69) is 0 Å². The number of nitrogens with zero attached hydrogens (tertiary/aromatic N) is 1. The van der Waals surface area contributed by atoms with E-state index < -0.39 is 66.0 Å². The third kappa shape index (κ3) is 5.52. The van der Waals surface area contributed by atoms with Gasteiger partial charge < -0.3 is 14.7 Å². The van der Waals surface area contributed by atoms with E-state index in [0.29, 0.717) is 17.7 Å². The van der Waals surface area contributed by atoms with Crippen LogP contribution in [0.25, 0.3) is 0 Å².